The molecule has 2 heterocycles. The molecule has 0 bridgehead atoms. The molecule has 1 unspecified atom stereocenters. The number of anilines is 1. The molecular weight excluding hydrogens is 336 g/mol. The molecule has 4 N–H and O–H groups in total. The van der Waals surface area contributed by atoms with Gasteiger partial charge in [-0.2, -0.15) is 0 Å². The summed E-state index contributed by atoms with van der Waals surface area (Å²) in [6.07, 6.45) is 15.5. The number of piperidine rings is 1. The molecule has 1 aliphatic carbocycles. The topological polar surface area (TPSA) is 83.8 Å². The van der Waals surface area contributed by atoms with Crippen LogP contribution >= 0.6 is 0 Å². The van der Waals surface area contributed by atoms with Gasteiger partial charge in [0.1, 0.15) is 11.5 Å². The van der Waals surface area contributed by atoms with E-state index in [1.165, 1.54) is 43.9 Å². The molecule has 0 spiro atoms. The Balaban J connectivity index is 1.38. The van der Waals surface area contributed by atoms with Crippen LogP contribution in [0.4, 0.5) is 5.69 Å². The van der Waals surface area contributed by atoms with E-state index in [1.807, 2.05) is 12.1 Å². The minimum absolute atomic E-state index is 0.510. The lowest BCUT2D eigenvalue weighted by molar-refractivity contribution is 0.166. The average Bonchev–Trinajstić information content (AvgIpc) is 2.70. The SMILES string of the molecule is CN(N)c1ccc(C(N)=NCCC2CCN(CC3C=CC=CC3)CC2)nc1. The van der Waals surface area contributed by atoms with E-state index in [-0.39, 0.29) is 0 Å². The Labute approximate surface area is 162 Å². The van der Waals surface area contributed by atoms with E-state index >= 15 is 0 Å². The van der Waals surface area contributed by atoms with Gasteiger partial charge < -0.3 is 15.6 Å². The monoisotopic (exact) mass is 368 g/mol. The summed E-state index contributed by atoms with van der Waals surface area (Å²) in [5.41, 5.74) is 7.64. The average molecular weight is 369 g/mol. The molecule has 27 heavy (non-hydrogen) atoms. The van der Waals surface area contributed by atoms with Crippen LogP contribution in [0.5, 0.6) is 0 Å². The first-order chi connectivity index (χ1) is 13.1. The highest BCUT2D eigenvalue weighted by Gasteiger charge is 2.20. The number of hydrazine groups is 1. The quantitative estimate of drug-likeness (QED) is 0.334. The zero-order valence-corrected chi connectivity index (χ0v) is 16.3. The molecule has 1 fully saturated rings. The third-order valence-corrected chi connectivity index (χ3v) is 5.51. The molecule has 2 aliphatic rings. The summed E-state index contributed by atoms with van der Waals surface area (Å²) in [5, 5.41) is 1.53. The van der Waals surface area contributed by atoms with Gasteiger partial charge in [0.25, 0.3) is 0 Å². The van der Waals surface area contributed by atoms with Crippen LogP contribution in [-0.4, -0.2) is 48.9 Å². The highest BCUT2D eigenvalue weighted by atomic mass is 15.4. The lowest BCUT2D eigenvalue weighted by Crippen LogP contribution is -2.37. The van der Waals surface area contributed by atoms with Crippen molar-refractivity contribution >= 4 is 11.5 Å². The summed E-state index contributed by atoms with van der Waals surface area (Å²) in [4.78, 5) is 11.5. The number of hydrogen-bond donors (Lipinski definition) is 2. The van der Waals surface area contributed by atoms with Gasteiger partial charge in [0, 0.05) is 20.1 Å². The fourth-order valence-corrected chi connectivity index (χ4v) is 3.75. The number of allylic oxidation sites excluding steroid dienone is 3. The fourth-order valence-electron chi connectivity index (χ4n) is 3.75. The molecule has 146 valence electrons. The van der Waals surface area contributed by atoms with E-state index in [1.54, 1.807) is 13.2 Å². The number of rotatable bonds is 7. The van der Waals surface area contributed by atoms with E-state index in [2.05, 4.69) is 39.2 Å². The number of likely N-dealkylation sites (tertiary alicyclic amines) is 1. The molecule has 1 aliphatic heterocycles. The van der Waals surface area contributed by atoms with Crippen molar-refractivity contribution < 1.29 is 0 Å². The summed E-state index contributed by atoms with van der Waals surface area (Å²) < 4.78 is 0. The predicted molar refractivity (Wildman–Crippen MR) is 113 cm³/mol. The van der Waals surface area contributed by atoms with Crippen molar-refractivity contribution in [1.29, 1.82) is 0 Å². The first-order valence-corrected chi connectivity index (χ1v) is 9.92. The Bertz CT molecular complexity index is 668. The van der Waals surface area contributed by atoms with Crippen LogP contribution in [0, 0.1) is 11.8 Å². The van der Waals surface area contributed by atoms with Gasteiger partial charge in [0.05, 0.1) is 11.9 Å². The second-order valence-electron chi connectivity index (χ2n) is 7.62. The Morgan fingerprint density at radius 3 is 2.74 bits per heavy atom. The Hall–Kier alpha value is -2.18. The molecule has 1 aromatic heterocycles. The van der Waals surface area contributed by atoms with E-state index in [9.17, 15) is 0 Å². The molecule has 3 rings (SSSR count). The van der Waals surface area contributed by atoms with E-state index < -0.39 is 0 Å². The van der Waals surface area contributed by atoms with Crippen molar-refractivity contribution in [2.24, 2.45) is 28.4 Å². The van der Waals surface area contributed by atoms with E-state index in [0.717, 1.165) is 24.6 Å². The van der Waals surface area contributed by atoms with Crippen molar-refractivity contribution in [3.8, 4) is 0 Å². The summed E-state index contributed by atoms with van der Waals surface area (Å²) in [7, 11) is 1.78. The number of nitrogens with zero attached hydrogens (tertiary/aromatic N) is 4. The number of nitrogens with two attached hydrogens (primary N) is 2. The molecule has 0 saturated carbocycles. The molecule has 0 radical (unpaired) electrons. The molecule has 1 aromatic rings. The van der Waals surface area contributed by atoms with Crippen molar-refractivity contribution in [2.45, 2.75) is 25.7 Å². The van der Waals surface area contributed by atoms with Gasteiger partial charge in [-0.25, -0.2) is 5.84 Å². The standard InChI is InChI=1S/C21H32N6/c1-26(23)19-7-8-20(25-15-19)21(22)24-12-9-17-10-13-27(14-11-17)16-18-5-3-2-4-6-18/h2-5,7-8,15,17-18H,6,9-14,16,23H2,1H3,(H2,22,24). The van der Waals surface area contributed by atoms with Gasteiger partial charge in [-0.15, -0.1) is 0 Å². The molecule has 1 atom stereocenters. The van der Waals surface area contributed by atoms with Crippen molar-refractivity contribution in [2.75, 3.05) is 38.2 Å². The van der Waals surface area contributed by atoms with Crippen LogP contribution in [0.1, 0.15) is 31.4 Å². The largest absolute Gasteiger partial charge is 0.382 e. The van der Waals surface area contributed by atoms with E-state index in [4.69, 9.17) is 11.6 Å². The van der Waals surface area contributed by atoms with Crippen LogP contribution in [0.25, 0.3) is 0 Å². The minimum Gasteiger partial charge on any atom is -0.382 e. The van der Waals surface area contributed by atoms with Crippen molar-refractivity contribution in [1.82, 2.24) is 9.88 Å². The van der Waals surface area contributed by atoms with Crippen molar-refractivity contribution in [3.05, 3.63) is 48.3 Å². The molecule has 0 amide bonds. The normalized spacial score (nSPS) is 21.6. The van der Waals surface area contributed by atoms with Crippen LogP contribution in [0.15, 0.2) is 47.6 Å². The van der Waals surface area contributed by atoms with Crippen LogP contribution in [0.3, 0.4) is 0 Å². The van der Waals surface area contributed by atoms with E-state index in [0.29, 0.717) is 17.4 Å². The summed E-state index contributed by atoms with van der Waals surface area (Å²) in [6, 6.07) is 3.77. The van der Waals surface area contributed by atoms with Gasteiger partial charge in [-0.05, 0) is 62.7 Å². The molecule has 0 aromatic carbocycles. The second-order valence-corrected chi connectivity index (χ2v) is 7.62. The van der Waals surface area contributed by atoms with Crippen LogP contribution in [0.2, 0.25) is 0 Å². The molecule has 6 heteroatoms. The zero-order chi connectivity index (χ0) is 19.1. The second kappa shape index (κ2) is 9.67. The van der Waals surface area contributed by atoms with Crippen LogP contribution in [-0.2, 0) is 0 Å². The number of amidine groups is 1. The number of aromatic nitrogens is 1. The summed E-state index contributed by atoms with van der Waals surface area (Å²) in [5.74, 6) is 7.64. The van der Waals surface area contributed by atoms with Crippen molar-refractivity contribution in [3.63, 3.8) is 0 Å². The maximum absolute atomic E-state index is 6.09. The molecule has 1 saturated heterocycles. The summed E-state index contributed by atoms with van der Waals surface area (Å²) >= 11 is 0. The summed E-state index contributed by atoms with van der Waals surface area (Å²) in [6.45, 7) is 4.37. The minimum atomic E-state index is 0.510. The lowest BCUT2D eigenvalue weighted by Gasteiger charge is -2.33. The molecular formula is C21H32N6. The fraction of sp³-hybridized carbons (Fsp3) is 0.524. The smallest absolute Gasteiger partial charge is 0.144 e. The zero-order valence-electron chi connectivity index (χ0n) is 16.3. The maximum Gasteiger partial charge on any atom is 0.144 e. The Kier molecular flexibility index (Phi) is 7.01. The molecule has 6 nitrogen and oxygen atoms in total. The lowest BCUT2D eigenvalue weighted by atomic mass is 9.92. The highest BCUT2D eigenvalue weighted by Crippen LogP contribution is 2.23. The first-order valence-electron chi connectivity index (χ1n) is 9.92. The predicted octanol–water partition coefficient (Wildman–Crippen LogP) is 2.33. The number of pyridine rings is 1. The number of aliphatic imine (C=N–C) groups is 1. The Morgan fingerprint density at radius 2 is 2.11 bits per heavy atom. The van der Waals surface area contributed by atoms with Gasteiger partial charge in [-0.1, -0.05) is 24.3 Å². The van der Waals surface area contributed by atoms with Gasteiger partial charge >= 0.3 is 0 Å². The first kappa shape index (κ1) is 19.6. The van der Waals surface area contributed by atoms with Gasteiger partial charge in [-0.3, -0.25) is 9.98 Å². The third kappa shape index (κ3) is 5.91. The van der Waals surface area contributed by atoms with Gasteiger partial charge in [0.15, 0.2) is 0 Å². The number of hydrogen-bond acceptors (Lipinski definition) is 5. The Morgan fingerprint density at radius 1 is 1.30 bits per heavy atom. The third-order valence-electron chi connectivity index (χ3n) is 5.51. The highest BCUT2D eigenvalue weighted by molar-refractivity contribution is 5.95. The maximum atomic E-state index is 6.09. The van der Waals surface area contributed by atoms with Gasteiger partial charge in [0.2, 0.25) is 0 Å². The van der Waals surface area contributed by atoms with Crippen LogP contribution < -0.4 is 16.6 Å².